The summed E-state index contributed by atoms with van der Waals surface area (Å²) in [5.41, 5.74) is -0.900. The number of alkyl halides is 3. The Labute approximate surface area is 109 Å². The number of aliphatic carboxylic acids is 1. The number of halogens is 3. The van der Waals surface area contributed by atoms with E-state index in [1.165, 1.54) is 18.2 Å². The molecule has 0 aliphatic carbocycles. The molecule has 1 rings (SSSR count). The highest BCUT2D eigenvalue weighted by atomic mass is 19.4. The molecular weight excluding hydrogens is 261 g/mol. The molecule has 1 N–H and O–H groups in total. The lowest BCUT2D eigenvalue weighted by atomic mass is 9.97. The van der Waals surface area contributed by atoms with Crippen molar-refractivity contribution >= 4 is 5.97 Å². The molecule has 0 radical (unpaired) electrons. The van der Waals surface area contributed by atoms with E-state index in [0.29, 0.717) is 0 Å². The van der Waals surface area contributed by atoms with Gasteiger partial charge in [0.25, 0.3) is 0 Å². The van der Waals surface area contributed by atoms with Crippen molar-refractivity contribution in [2.75, 3.05) is 6.61 Å². The Morgan fingerprint density at radius 1 is 1.32 bits per heavy atom. The molecule has 0 aliphatic rings. The average molecular weight is 276 g/mol. The molecular formula is C13H15F3O3. The Balaban J connectivity index is 2.86. The zero-order valence-corrected chi connectivity index (χ0v) is 10.6. The van der Waals surface area contributed by atoms with E-state index in [1.807, 2.05) is 0 Å². The van der Waals surface area contributed by atoms with Gasteiger partial charge < -0.3 is 9.84 Å². The highest BCUT2D eigenvalue weighted by Crippen LogP contribution is 2.36. The maximum Gasteiger partial charge on any atom is 0.419 e. The summed E-state index contributed by atoms with van der Waals surface area (Å²) in [6.45, 7) is 3.07. The van der Waals surface area contributed by atoms with Crippen LogP contribution in [-0.2, 0) is 11.0 Å². The predicted molar refractivity (Wildman–Crippen MR) is 62.9 cm³/mol. The molecule has 19 heavy (non-hydrogen) atoms. The van der Waals surface area contributed by atoms with Crippen LogP contribution in [0.1, 0.15) is 19.4 Å². The lowest BCUT2D eigenvalue weighted by Crippen LogP contribution is -2.27. The number of carbonyl (C=O) groups is 1. The Kier molecular flexibility index (Phi) is 4.80. The fourth-order valence-corrected chi connectivity index (χ4v) is 1.56. The minimum Gasteiger partial charge on any atom is -0.492 e. The lowest BCUT2D eigenvalue weighted by molar-refractivity contribution is -0.144. The molecule has 0 aliphatic heterocycles. The number of hydrogen-bond acceptors (Lipinski definition) is 2. The van der Waals surface area contributed by atoms with Gasteiger partial charge in [0.1, 0.15) is 12.4 Å². The van der Waals surface area contributed by atoms with Gasteiger partial charge in [-0.05, 0) is 18.1 Å². The molecule has 1 aromatic rings. The van der Waals surface area contributed by atoms with E-state index < -0.39 is 23.6 Å². The van der Waals surface area contributed by atoms with Crippen molar-refractivity contribution in [3.63, 3.8) is 0 Å². The zero-order chi connectivity index (χ0) is 14.6. The molecule has 6 heteroatoms. The highest BCUT2D eigenvalue weighted by molar-refractivity contribution is 5.70. The SMILES string of the molecule is CC(C)C(COc1ccccc1C(F)(F)F)C(=O)O. The number of carboxylic acid groups (broad SMARTS) is 1. The number of ether oxygens (including phenoxy) is 1. The van der Waals surface area contributed by atoms with Crippen molar-refractivity contribution in [1.29, 1.82) is 0 Å². The molecule has 3 nitrogen and oxygen atoms in total. The van der Waals surface area contributed by atoms with Crippen LogP contribution >= 0.6 is 0 Å². The number of benzene rings is 1. The van der Waals surface area contributed by atoms with Gasteiger partial charge in [0.2, 0.25) is 0 Å². The summed E-state index contributed by atoms with van der Waals surface area (Å²) in [4.78, 5) is 10.9. The Morgan fingerprint density at radius 2 is 1.89 bits per heavy atom. The quantitative estimate of drug-likeness (QED) is 0.896. The van der Waals surface area contributed by atoms with Gasteiger partial charge in [-0.1, -0.05) is 26.0 Å². The smallest absolute Gasteiger partial charge is 0.419 e. The van der Waals surface area contributed by atoms with Crippen LogP contribution in [0.4, 0.5) is 13.2 Å². The molecule has 0 fully saturated rings. The molecule has 1 aromatic carbocycles. The molecule has 106 valence electrons. The van der Waals surface area contributed by atoms with Crippen LogP contribution in [0.25, 0.3) is 0 Å². The van der Waals surface area contributed by atoms with Crippen LogP contribution in [0.15, 0.2) is 24.3 Å². The second-order valence-corrected chi connectivity index (χ2v) is 4.49. The van der Waals surface area contributed by atoms with Gasteiger partial charge in [0.15, 0.2) is 0 Å². The van der Waals surface area contributed by atoms with Crippen molar-refractivity contribution in [3.05, 3.63) is 29.8 Å². The summed E-state index contributed by atoms with van der Waals surface area (Å²) in [7, 11) is 0. The first-order valence-corrected chi connectivity index (χ1v) is 5.75. The van der Waals surface area contributed by atoms with E-state index in [0.717, 1.165) is 6.07 Å². The molecule has 0 heterocycles. The molecule has 0 amide bonds. The van der Waals surface area contributed by atoms with E-state index in [-0.39, 0.29) is 18.3 Å². The van der Waals surface area contributed by atoms with E-state index >= 15 is 0 Å². The molecule has 1 atom stereocenters. The molecule has 0 bridgehead atoms. The Morgan fingerprint density at radius 3 is 2.37 bits per heavy atom. The average Bonchev–Trinajstić information content (AvgIpc) is 2.27. The standard InChI is InChI=1S/C13H15F3O3/c1-8(2)9(12(17)18)7-19-11-6-4-3-5-10(11)13(14,15)16/h3-6,8-9H,7H2,1-2H3,(H,17,18). The van der Waals surface area contributed by atoms with Crippen molar-refractivity contribution in [2.45, 2.75) is 20.0 Å². The molecule has 0 saturated carbocycles. The first-order chi connectivity index (χ1) is 8.73. The minimum absolute atomic E-state index is 0.226. The zero-order valence-electron chi connectivity index (χ0n) is 10.6. The van der Waals surface area contributed by atoms with E-state index in [4.69, 9.17) is 9.84 Å². The summed E-state index contributed by atoms with van der Waals surface area (Å²) >= 11 is 0. The minimum atomic E-state index is -4.52. The summed E-state index contributed by atoms with van der Waals surface area (Å²) in [5, 5.41) is 8.95. The van der Waals surface area contributed by atoms with Crippen molar-refractivity contribution in [3.8, 4) is 5.75 Å². The third-order valence-corrected chi connectivity index (χ3v) is 2.73. The highest BCUT2D eigenvalue weighted by Gasteiger charge is 2.34. The lowest BCUT2D eigenvalue weighted by Gasteiger charge is -2.19. The molecule has 0 saturated heterocycles. The topological polar surface area (TPSA) is 46.5 Å². The summed E-state index contributed by atoms with van der Waals surface area (Å²) in [6.07, 6.45) is -4.52. The largest absolute Gasteiger partial charge is 0.492 e. The van der Waals surface area contributed by atoms with Gasteiger partial charge in [0, 0.05) is 0 Å². The first-order valence-electron chi connectivity index (χ1n) is 5.75. The van der Waals surface area contributed by atoms with Crippen molar-refractivity contribution < 1.29 is 27.8 Å². The van der Waals surface area contributed by atoms with Gasteiger partial charge in [-0.2, -0.15) is 13.2 Å². The number of para-hydroxylation sites is 1. The van der Waals surface area contributed by atoms with Crippen LogP contribution in [-0.4, -0.2) is 17.7 Å². The number of carboxylic acids is 1. The van der Waals surface area contributed by atoms with Gasteiger partial charge in [0.05, 0.1) is 11.5 Å². The number of hydrogen-bond donors (Lipinski definition) is 1. The van der Waals surface area contributed by atoms with Crippen LogP contribution in [0.3, 0.4) is 0 Å². The summed E-state index contributed by atoms with van der Waals surface area (Å²) < 4.78 is 43.1. The first kappa shape index (κ1) is 15.3. The van der Waals surface area contributed by atoms with E-state index in [9.17, 15) is 18.0 Å². The van der Waals surface area contributed by atoms with Gasteiger partial charge >= 0.3 is 12.1 Å². The fourth-order valence-electron chi connectivity index (χ4n) is 1.56. The van der Waals surface area contributed by atoms with Crippen molar-refractivity contribution in [1.82, 2.24) is 0 Å². The molecule has 0 spiro atoms. The van der Waals surface area contributed by atoms with Gasteiger partial charge in [-0.15, -0.1) is 0 Å². The predicted octanol–water partition coefficient (Wildman–Crippen LogP) is 3.44. The Hall–Kier alpha value is -1.72. The summed E-state index contributed by atoms with van der Waals surface area (Å²) in [5.74, 6) is -2.50. The maximum absolute atomic E-state index is 12.7. The summed E-state index contributed by atoms with van der Waals surface area (Å²) in [6, 6.07) is 4.76. The molecule has 1 unspecified atom stereocenters. The normalized spacial score (nSPS) is 13.4. The molecule has 0 aromatic heterocycles. The van der Waals surface area contributed by atoms with Gasteiger partial charge in [-0.25, -0.2) is 0 Å². The van der Waals surface area contributed by atoms with E-state index in [2.05, 4.69) is 0 Å². The van der Waals surface area contributed by atoms with Crippen molar-refractivity contribution in [2.24, 2.45) is 11.8 Å². The van der Waals surface area contributed by atoms with Crippen LogP contribution < -0.4 is 4.74 Å². The van der Waals surface area contributed by atoms with Crippen LogP contribution in [0.5, 0.6) is 5.75 Å². The second-order valence-electron chi connectivity index (χ2n) is 4.49. The fraction of sp³-hybridized carbons (Fsp3) is 0.462. The number of rotatable bonds is 5. The third-order valence-electron chi connectivity index (χ3n) is 2.73. The second kappa shape index (κ2) is 5.95. The van der Waals surface area contributed by atoms with E-state index in [1.54, 1.807) is 13.8 Å². The maximum atomic E-state index is 12.7. The monoisotopic (exact) mass is 276 g/mol. The van der Waals surface area contributed by atoms with Crippen LogP contribution in [0, 0.1) is 11.8 Å². The van der Waals surface area contributed by atoms with Gasteiger partial charge in [-0.3, -0.25) is 4.79 Å². The third kappa shape index (κ3) is 4.15. The van der Waals surface area contributed by atoms with Crippen LogP contribution in [0.2, 0.25) is 0 Å². The Bertz CT molecular complexity index is 441.